The molecule has 0 aliphatic carbocycles. The third-order valence-electron chi connectivity index (χ3n) is 4.47. The standard InChI is InChI=1S/C20H23N3O5S2/c1-14(24)21-15-3-5-16(6-4-15)22-30(26,27)17-7-8-19(29-2)18(13-17)20(25)23-9-11-28-12-10-23/h3-8,13,22H,9-12H2,1-2H3,(H,21,24). The molecule has 0 unspecified atom stereocenters. The van der Waals surface area contributed by atoms with Gasteiger partial charge >= 0.3 is 0 Å². The Bertz CT molecular complexity index is 1030. The molecule has 0 spiro atoms. The number of nitrogens with zero attached hydrogens (tertiary/aromatic N) is 1. The molecule has 0 radical (unpaired) electrons. The van der Waals surface area contributed by atoms with E-state index in [0.29, 0.717) is 48.1 Å². The molecule has 3 rings (SSSR count). The Morgan fingerprint density at radius 1 is 1.03 bits per heavy atom. The Labute approximate surface area is 180 Å². The van der Waals surface area contributed by atoms with Gasteiger partial charge in [0, 0.05) is 36.3 Å². The molecule has 2 aromatic rings. The van der Waals surface area contributed by atoms with Crippen molar-refractivity contribution in [2.75, 3.05) is 42.6 Å². The van der Waals surface area contributed by atoms with Crippen LogP contribution < -0.4 is 10.0 Å². The third kappa shape index (κ3) is 5.32. The molecular formula is C20H23N3O5S2. The normalized spacial score (nSPS) is 14.3. The fraction of sp³-hybridized carbons (Fsp3) is 0.300. The second kappa shape index (κ2) is 9.50. The predicted molar refractivity (Wildman–Crippen MR) is 116 cm³/mol. The van der Waals surface area contributed by atoms with Crippen LogP contribution in [0.2, 0.25) is 0 Å². The van der Waals surface area contributed by atoms with E-state index in [-0.39, 0.29) is 16.7 Å². The third-order valence-corrected chi connectivity index (χ3v) is 6.64. The van der Waals surface area contributed by atoms with Crippen LogP contribution in [0.1, 0.15) is 17.3 Å². The zero-order valence-electron chi connectivity index (χ0n) is 16.7. The second-order valence-corrected chi connectivity index (χ2v) is 9.16. The monoisotopic (exact) mass is 449 g/mol. The van der Waals surface area contributed by atoms with E-state index < -0.39 is 10.0 Å². The van der Waals surface area contributed by atoms with Crippen LogP contribution in [0.25, 0.3) is 0 Å². The SMILES string of the molecule is CSc1ccc(S(=O)(=O)Nc2ccc(NC(C)=O)cc2)cc1C(=O)N1CCOCC1. The first-order chi connectivity index (χ1) is 14.3. The van der Waals surface area contributed by atoms with Gasteiger partial charge in [0.05, 0.1) is 23.7 Å². The highest BCUT2D eigenvalue weighted by molar-refractivity contribution is 7.98. The van der Waals surface area contributed by atoms with Gasteiger partial charge in [0.25, 0.3) is 15.9 Å². The fourth-order valence-corrected chi connectivity index (χ4v) is 4.65. The molecule has 1 aliphatic heterocycles. The highest BCUT2D eigenvalue weighted by atomic mass is 32.2. The molecule has 2 amide bonds. The number of anilines is 2. The number of sulfonamides is 1. The zero-order chi connectivity index (χ0) is 21.7. The summed E-state index contributed by atoms with van der Waals surface area (Å²) in [5, 5.41) is 2.62. The van der Waals surface area contributed by atoms with E-state index in [1.807, 2.05) is 6.26 Å². The molecule has 8 nitrogen and oxygen atoms in total. The van der Waals surface area contributed by atoms with Gasteiger partial charge in [-0.25, -0.2) is 8.42 Å². The van der Waals surface area contributed by atoms with E-state index in [4.69, 9.17) is 4.74 Å². The van der Waals surface area contributed by atoms with Crippen LogP contribution in [-0.2, 0) is 19.6 Å². The van der Waals surface area contributed by atoms with Gasteiger partial charge in [-0.2, -0.15) is 0 Å². The van der Waals surface area contributed by atoms with Gasteiger partial charge in [0.15, 0.2) is 0 Å². The summed E-state index contributed by atoms with van der Waals surface area (Å²) in [6.07, 6.45) is 1.84. The number of benzene rings is 2. The van der Waals surface area contributed by atoms with Crippen molar-refractivity contribution in [1.29, 1.82) is 0 Å². The van der Waals surface area contributed by atoms with E-state index in [1.54, 1.807) is 35.2 Å². The summed E-state index contributed by atoms with van der Waals surface area (Å²) in [7, 11) is -3.90. The maximum Gasteiger partial charge on any atom is 0.261 e. The molecule has 10 heteroatoms. The van der Waals surface area contributed by atoms with E-state index in [9.17, 15) is 18.0 Å². The molecule has 160 valence electrons. The Hall–Kier alpha value is -2.56. The smallest absolute Gasteiger partial charge is 0.261 e. The van der Waals surface area contributed by atoms with Crippen LogP contribution in [0, 0.1) is 0 Å². The Balaban J connectivity index is 1.84. The molecule has 1 heterocycles. The number of rotatable bonds is 6. The Morgan fingerprint density at radius 2 is 1.67 bits per heavy atom. The summed E-state index contributed by atoms with van der Waals surface area (Å²) in [5.74, 6) is -0.422. The number of amides is 2. The Morgan fingerprint density at radius 3 is 2.27 bits per heavy atom. The number of morpholine rings is 1. The summed E-state index contributed by atoms with van der Waals surface area (Å²) in [4.78, 5) is 26.4. The summed E-state index contributed by atoms with van der Waals surface area (Å²) >= 11 is 1.39. The molecule has 0 atom stereocenters. The number of nitrogens with one attached hydrogen (secondary N) is 2. The van der Waals surface area contributed by atoms with E-state index >= 15 is 0 Å². The molecular weight excluding hydrogens is 426 g/mol. The lowest BCUT2D eigenvalue weighted by atomic mass is 10.2. The lowest BCUT2D eigenvalue weighted by molar-refractivity contribution is -0.114. The number of ether oxygens (including phenoxy) is 1. The molecule has 2 aromatic carbocycles. The lowest BCUT2D eigenvalue weighted by Crippen LogP contribution is -2.40. The van der Waals surface area contributed by atoms with Crippen LogP contribution in [0.4, 0.5) is 11.4 Å². The molecule has 0 saturated carbocycles. The van der Waals surface area contributed by atoms with Crippen LogP contribution in [-0.4, -0.2) is 57.7 Å². The molecule has 1 aliphatic rings. The van der Waals surface area contributed by atoms with E-state index in [0.717, 1.165) is 0 Å². The first-order valence-corrected chi connectivity index (χ1v) is 12.0. The van der Waals surface area contributed by atoms with Crippen molar-refractivity contribution >= 4 is 45.0 Å². The quantitative estimate of drug-likeness (QED) is 0.657. The molecule has 30 heavy (non-hydrogen) atoms. The number of hydrogen-bond donors (Lipinski definition) is 2. The van der Waals surface area contributed by atoms with Gasteiger partial charge in [-0.15, -0.1) is 11.8 Å². The van der Waals surface area contributed by atoms with Crippen LogP contribution in [0.3, 0.4) is 0 Å². The first-order valence-electron chi connectivity index (χ1n) is 9.26. The highest BCUT2D eigenvalue weighted by Gasteiger charge is 2.24. The van der Waals surface area contributed by atoms with E-state index in [1.165, 1.54) is 30.8 Å². The van der Waals surface area contributed by atoms with E-state index in [2.05, 4.69) is 10.0 Å². The minimum absolute atomic E-state index is 0.00264. The molecule has 0 bridgehead atoms. The summed E-state index contributed by atoms with van der Waals surface area (Å²) in [6, 6.07) is 10.9. The van der Waals surface area contributed by atoms with Gasteiger partial charge in [0.2, 0.25) is 5.91 Å². The summed E-state index contributed by atoms with van der Waals surface area (Å²) in [6.45, 7) is 3.28. The number of carbonyl (C=O) groups is 2. The summed E-state index contributed by atoms with van der Waals surface area (Å²) in [5.41, 5.74) is 1.26. The maximum absolute atomic E-state index is 12.9. The number of carbonyl (C=O) groups excluding carboxylic acids is 2. The Kier molecular flexibility index (Phi) is 7.01. The fourth-order valence-electron chi connectivity index (χ4n) is 3.00. The minimum Gasteiger partial charge on any atom is -0.378 e. The summed E-state index contributed by atoms with van der Waals surface area (Å²) < 4.78 is 33.6. The first kappa shape index (κ1) is 22.1. The average Bonchev–Trinajstić information content (AvgIpc) is 2.74. The van der Waals surface area contributed by atoms with Gasteiger partial charge in [-0.05, 0) is 48.7 Å². The molecule has 1 fully saturated rings. The van der Waals surface area contributed by atoms with Crippen molar-refractivity contribution in [3.8, 4) is 0 Å². The van der Waals surface area contributed by atoms with Crippen molar-refractivity contribution < 1.29 is 22.7 Å². The molecule has 0 aromatic heterocycles. The van der Waals surface area contributed by atoms with Crippen molar-refractivity contribution in [2.45, 2.75) is 16.7 Å². The zero-order valence-corrected chi connectivity index (χ0v) is 18.3. The van der Waals surface area contributed by atoms with Gasteiger partial charge in [-0.1, -0.05) is 0 Å². The van der Waals surface area contributed by atoms with Crippen molar-refractivity contribution in [3.05, 3.63) is 48.0 Å². The van der Waals surface area contributed by atoms with Gasteiger partial charge < -0.3 is 15.0 Å². The van der Waals surface area contributed by atoms with Crippen LogP contribution >= 0.6 is 11.8 Å². The number of thioether (sulfide) groups is 1. The topological polar surface area (TPSA) is 105 Å². The highest BCUT2D eigenvalue weighted by Crippen LogP contribution is 2.27. The number of hydrogen-bond acceptors (Lipinski definition) is 6. The predicted octanol–water partition coefficient (Wildman–Crippen LogP) is 2.64. The lowest BCUT2D eigenvalue weighted by Gasteiger charge is -2.27. The second-order valence-electron chi connectivity index (χ2n) is 6.63. The van der Waals surface area contributed by atoms with Gasteiger partial charge in [-0.3, -0.25) is 14.3 Å². The van der Waals surface area contributed by atoms with Crippen molar-refractivity contribution in [2.24, 2.45) is 0 Å². The largest absolute Gasteiger partial charge is 0.378 e. The molecule has 2 N–H and O–H groups in total. The minimum atomic E-state index is -3.90. The van der Waals surface area contributed by atoms with Gasteiger partial charge in [0.1, 0.15) is 0 Å². The molecule has 1 saturated heterocycles. The maximum atomic E-state index is 12.9. The van der Waals surface area contributed by atoms with Crippen LogP contribution in [0.5, 0.6) is 0 Å². The average molecular weight is 450 g/mol. The van der Waals surface area contributed by atoms with Crippen molar-refractivity contribution in [1.82, 2.24) is 4.90 Å². The van der Waals surface area contributed by atoms with Crippen molar-refractivity contribution in [3.63, 3.8) is 0 Å². The van der Waals surface area contributed by atoms with Crippen LogP contribution in [0.15, 0.2) is 52.3 Å².